The van der Waals surface area contributed by atoms with Gasteiger partial charge in [0.25, 0.3) is 0 Å². The Bertz CT molecular complexity index is 284. The Labute approximate surface area is 91.3 Å². The SMILES string of the molecule is CCCSc1ccc(C)cc1CNC. The third-order valence-corrected chi connectivity index (χ3v) is 3.37. The summed E-state index contributed by atoms with van der Waals surface area (Å²) in [6.45, 7) is 5.33. The molecule has 14 heavy (non-hydrogen) atoms. The Balaban J connectivity index is 2.78. The summed E-state index contributed by atoms with van der Waals surface area (Å²) in [4.78, 5) is 1.42. The van der Waals surface area contributed by atoms with Crippen LogP contribution in [0.25, 0.3) is 0 Å². The van der Waals surface area contributed by atoms with Gasteiger partial charge in [-0.25, -0.2) is 0 Å². The van der Waals surface area contributed by atoms with Crippen molar-refractivity contribution < 1.29 is 0 Å². The molecule has 1 aromatic carbocycles. The Morgan fingerprint density at radius 3 is 2.79 bits per heavy atom. The lowest BCUT2D eigenvalue weighted by molar-refractivity contribution is 0.802. The van der Waals surface area contributed by atoms with E-state index in [1.807, 2.05) is 18.8 Å². The van der Waals surface area contributed by atoms with Crippen molar-refractivity contribution in [1.82, 2.24) is 5.32 Å². The minimum absolute atomic E-state index is 0.966. The number of aryl methyl sites for hydroxylation is 1. The van der Waals surface area contributed by atoms with Crippen molar-refractivity contribution in [2.45, 2.75) is 31.7 Å². The van der Waals surface area contributed by atoms with Crippen molar-refractivity contribution in [3.63, 3.8) is 0 Å². The highest BCUT2D eigenvalue weighted by Gasteiger charge is 2.01. The van der Waals surface area contributed by atoms with Crippen molar-refractivity contribution in [2.75, 3.05) is 12.8 Å². The second-order valence-electron chi connectivity index (χ2n) is 3.49. The molecule has 0 atom stereocenters. The third-order valence-electron chi connectivity index (χ3n) is 2.04. The molecule has 2 heteroatoms. The predicted octanol–water partition coefficient (Wildman–Crippen LogP) is 3.22. The molecule has 0 aliphatic heterocycles. The van der Waals surface area contributed by atoms with Crippen LogP contribution in [-0.4, -0.2) is 12.8 Å². The lowest BCUT2D eigenvalue weighted by Crippen LogP contribution is -2.06. The monoisotopic (exact) mass is 209 g/mol. The van der Waals surface area contributed by atoms with Gasteiger partial charge in [-0.15, -0.1) is 11.8 Å². The van der Waals surface area contributed by atoms with E-state index < -0.39 is 0 Å². The quantitative estimate of drug-likeness (QED) is 0.747. The fraction of sp³-hybridized carbons (Fsp3) is 0.500. The molecule has 1 aromatic rings. The van der Waals surface area contributed by atoms with E-state index in [0.29, 0.717) is 0 Å². The van der Waals surface area contributed by atoms with Gasteiger partial charge in [-0.2, -0.15) is 0 Å². The van der Waals surface area contributed by atoms with Gasteiger partial charge in [0.05, 0.1) is 0 Å². The van der Waals surface area contributed by atoms with Crippen molar-refractivity contribution in [1.29, 1.82) is 0 Å². The highest BCUT2D eigenvalue weighted by molar-refractivity contribution is 7.99. The molecule has 78 valence electrons. The molecule has 0 spiro atoms. The van der Waals surface area contributed by atoms with E-state index in [1.54, 1.807) is 0 Å². The van der Waals surface area contributed by atoms with Gasteiger partial charge in [-0.05, 0) is 37.8 Å². The number of hydrogen-bond acceptors (Lipinski definition) is 2. The zero-order valence-corrected chi connectivity index (χ0v) is 10.1. The summed E-state index contributed by atoms with van der Waals surface area (Å²) < 4.78 is 0. The molecule has 0 heterocycles. The maximum Gasteiger partial charge on any atom is 0.0213 e. The molecule has 1 nitrogen and oxygen atoms in total. The standard InChI is InChI=1S/C12H19NS/c1-4-7-14-12-6-5-10(2)8-11(12)9-13-3/h5-6,8,13H,4,7,9H2,1-3H3. The Morgan fingerprint density at radius 1 is 1.36 bits per heavy atom. The molecule has 1 rings (SSSR count). The van der Waals surface area contributed by atoms with Crippen LogP contribution in [0.1, 0.15) is 24.5 Å². The molecule has 0 saturated heterocycles. The first-order chi connectivity index (χ1) is 6.77. The van der Waals surface area contributed by atoms with Gasteiger partial charge in [0.1, 0.15) is 0 Å². The summed E-state index contributed by atoms with van der Waals surface area (Å²) in [7, 11) is 2.00. The van der Waals surface area contributed by atoms with Crippen LogP contribution in [0.2, 0.25) is 0 Å². The zero-order chi connectivity index (χ0) is 10.4. The average Bonchev–Trinajstić information content (AvgIpc) is 2.17. The number of thioether (sulfide) groups is 1. The maximum atomic E-state index is 3.21. The largest absolute Gasteiger partial charge is 0.316 e. The summed E-state index contributed by atoms with van der Waals surface area (Å²) in [5.74, 6) is 1.21. The van der Waals surface area contributed by atoms with Gasteiger partial charge >= 0.3 is 0 Å². The average molecular weight is 209 g/mol. The van der Waals surface area contributed by atoms with Gasteiger partial charge < -0.3 is 5.32 Å². The lowest BCUT2D eigenvalue weighted by atomic mass is 10.1. The van der Waals surface area contributed by atoms with E-state index in [2.05, 4.69) is 37.4 Å². The molecule has 0 amide bonds. The Hall–Kier alpha value is -0.470. The fourth-order valence-corrected chi connectivity index (χ4v) is 2.29. The Kier molecular flexibility index (Phi) is 5.05. The van der Waals surface area contributed by atoms with Crippen molar-refractivity contribution in [3.8, 4) is 0 Å². The summed E-state index contributed by atoms with van der Waals surface area (Å²) in [5, 5.41) is 3.21. The van der Waals surface area contributed by atoms with Crippen LogP contribution >= 0.6 is 11.8 Å². The van der Waals surface area contributed by atoms with E-state index in [-0.39, 0.29) is 0 Å². The lowest BCUT2D eigenvalue weighted by Gasteiger charge is -2.09. The summed E-state index contributed by atoms with van der Waals surface area (Å²) in [5.41, 5.74) is 2.77. The van der Waals surface area contributed by atoms with Crippen LogP contribution in [0.3, 0.4) is 0 Å². The molecular weight excluding hydrogens is 190 g/mol. The van der Waals surface area contributed by atoms with E-state index in [0.717, 1.165) is 6.54 Å². The van der Waals surface area contributed by atoms with Crippen LogP contribution in [0.4, 0.5) is 0 Å². The van der Waals surface area contributed by atoms with E-state index >= 15 is 0 Å². The molecule has 0 aliphatic rings. The van der Waals surface area contributed by atoms with Gasteiger partial charge in [-0.3, -0.25) is 0 Å². The smallest absolute Gasteiger partial charge is 0.0213 e. The molecule has 0 aliphatic carbocycles. The zero-order valence-electron chi connectivity index (χ0n) is 9.26. The summed E-state index contributed by atoms with van der Waals surface area (Å²) in [6.07, 6.45) is 1.23. The number of benzene rings is 1. The van der Waals surface area contributed by atoms with Gasteiger partial charge in [0, 0.05) is 11.4 Å². The maximum absolute atomic E-state index is 3.21. The van der Waals surface area contributed by atoms with Crippen LogP contribution in [-0.2, 0) is 6.54 Å². The second kappa shape index (κ2) is 6.10. The molecule has 0 unspecified atom stereocenters. The normalized spacial score (nSPS) is 10.5. The van der Waals surface area contributed by atoms with Gasteiger partial charge in [-0.1, -0.05) is 24.6 Å². The summed E-state index contributed by atoms with van der Waals surface area (Å²) >= 11 is 1.96. The number of hydrogen-bond donors (Lipinski definition) is 1. The van der Waals surface area contributed by atoms with E-state index in [1.165, 1.54) is 28.2 Å². The van der Waals surface area contributed by atoms with Crippen molar-refractivity contribution >= 4 is 11.8 Å². The highest BCUT2D eigenvalue weighted by atomic mass is 32.2. The van der Waals surface area contributed by atoms with E-state index in [4.69, 9.17) is 0 Å². The van der Waals surface area contributed by atoms with Crippen molar-refractivity contribution in [2.24, 2.45) is 0 Å². The molecule has 0 saturated carbocycles. The molecule has 0 fully saturated rings. The third kappa shape index (κ3) is 3.35. The molecule has 0 aromatic heterocycles. The van der Waals surface area contributed by atoms with Crippen LogP contribution in [0, 0.1) is 6.92 Å². The minimum Gasteiger partial charge on any atom is -0.316 e. The molecular formula is C12H19NS. The van der Waals surface area contributed by atoms with Crippen LogP contribution in [0.5, 0.6) is 0 Å². The predicted molar refractivity (Wildman–Crippen MR) is 65.0 cm³/mol. The minimum atomic E-state index is 0.966. The van der Waals surface area contributed by atoms with Gasteiger partial charge in [0.2, 0.25) is 0 Å². The molecule has 0 bridgehead atoms. The van der Waals surface area contributed by atoms with Crippen LogP contribution in [0.15, 0.2) is 23.1 Å². The number of nitrogens with one attached hydrogen (secondary N) is 1. The van der Waals surface area contributed by atoms with E-state index in [9.17, 15) is 0 Å². The second-order valence-corrected chi connectivity index (χ2v) is 4.63. The highest BCUT2D eigenvalue weighted by Crippen LogP contribution is 2.24. The Morgan fingerprint density at radius 2 is 2.14 bits per heavy atom. The summed E-state index contributed by atoms with van der Waals surface area (Å²) in [6, 6.07) is 6.70. The topological polar surface area (TPSA) is 12.0 Å². The first-order valence-electron chi connectivity index (χ1n) is 5.15. The first-order valence-corrected chi connectivity index (χ1v) is 6.13. The van der Waals surface area contributed by atoms with Crippen molar-refractivity contribution in [3.05, 3.63) is 29.3 Å². The first kappa shape index (κ1) is 11.6. The fourth-order valence-electron chi connectivity index (χ4n) is 1.39. The molecule has 0 radical (unpaired) electrons. The molecule has 1 N–H and O–H groups in total. The van der Waals surface area contributed by atoms with Crippen LogP contribution < -0.4 is 5.32 Å². The number of rotatable bonds is 5. The van der Waals surface area contributed by atoms with Gasteiger partial charge in [0.15, 0.2) is 0 Å².